The molecule has 3 heteroatoms. The van der Waals surface area contributed by atoms with Crippen LogP contribution in [0, 0.1) is 0 Å². The molecule has 2 aromatic rings. The Hall–Kier alpha value is -2.13. The fourth-order valence-corrected chi connectivity index (χ4v) is 1.96. The van der Waals surface area contributed by atoms with Crippen molar-refractivity contribution in [1.29, 1.82) is 0 Å². The van der Waals surface area contributed by atoms with Crippen LogP contribution in [0.2, 0.25) is 0 Å². The highest BCUT2D eigenvalue weighted by Crippen LogP contribution is 2.14. The number of carbonyl (C=O) groups excluding carboxylic acids is 1. The zero-order chi connectivity index (χ0) is 14.4. The highest BCUT2D eigenvalue weighted by atomic mass is 16.5. The lowest BCUT2D eigenvalue weighted by atomic mass is 10.1. The quantitative estimate of drug-likeness (QED) is 0.755. The first-order chi connectivity index (χ1) is 9.66. The van der Waals surface area contributed by atoms with Crippen LogP contribution >= 0.6 is 0 Å². The zero-order valence-corrected chi connectivity index (χ0v) is 11.8. The Labute approximate surface area is 119 Å². The number of nitrogens with zero attached hydrogens (tertiary/aromatic N) is 1. The first-order valence-corrected chi connectivity index (χ1v) is 6.62. The second-order valence-electron chi connectivity index (χ2n) is 4.91. The van der Waals surface area contributed by atoms with E-state index >= 15 is 0 Å². The van der Waals surface area contributed by atoms with E-state index in [0.717, 1.165) is 0 Å². The van der Waals surface area contributed by atoms with Gasteiger partial charge in [0.1, 0.15) is 5.75 Å². The maximum absolute atomic E-state index is 12.5. The molecule has 0 bridgehead atoms. The lowest BCUT2D eigenvalue weighted by Gasteiger charge is -2.21. The van der Waals surface area contributed by atoms with Gasteiger partial charge in [-0.25, -0.2) is 0 Å². The van der Waals surface area contributed by atoms with Crippen molar-refractivity contribution < 1.29 is 9.53 Å². The van der Waals surface area contributed by atoms with Crippen LogP contribution in [0.1, 0.15) is 10.4 Å². The molecule has 0 radical (unpaired) electrons. The van der Waals surface area contributed by atoms with Gasteiger partial charge in [-0.2, -0.15) is 0 Å². The molecule has 2 aromatic carbocycles. The SMILES string of the molecule is CN(C)C[C@@H](Oc1ccccc1)C(=O)c1ccccc1. The molecule has 0 unspecified atom stereocenters. The second kappa shape index (κ2) is 6.87. The van der Waals surface area contributed by atoms with Gasteiger partial charge in [0.25, 0.3) is 0 Å². The normalized spacial score (nSPS) is 12.2. The van der Waals surface area contributed by atoms with Crippen LogP contribution in [0.15, 0.2) is 60.7 Å². The van der Waals surface area contributed by atoms with Gasteiger partial charge in [-0.1, -0.05) is 48.5 Å². The summed E-state index contributed by atoms with van der Waals surface area (Å²) in [4.78, 5) is 14.5. The van der Waals surface area contributed by atoms with Crippen molar-refractivity contribution in [2.75, 3.05) is 20.6 Å². The third kappa shape index (κ3) is 3.93. The summed E-state index contributed by atoms with van der Waals surface area (Å²) in [5.74, 6) is 0.715. The van der Waals surface area contributed by atoms with E-state index in [1.165, 1.54) is 0 Å². The molecule has 0 spiro atoms. The molecule has 0 N–H and O–H groups in total. The van der Waals surface area contributed by atoms with Crippen molar-refractivity contribution in [3.63, 3.8) is 0 Å². The number of benzene rings is 2. The smallest absolute Gasteiger partial charge is 0.204 e. The second-order valence-corrected chi connectivity index (χ2v) is 4.91. The summed E-state index contributed by atoms with van der Waals surface area (Å²) in [5.41, 5.74) is 0.676. The molecule has 2 rings (SSSR count). The average molecular weight is 269 g/mol. The average Bonchev–Trinajstić information content (AvgIpc) is 2.47. The van der Waals surface area contributed by atoms with E-state index in [2.05, 4.69) is 0 Å². The standard InChI is InChI=1S/C17H19NO2/c1-18(2)13-16(20-15-11-7-4-8-12-15)17(19)14-9-5-3-6-10-14/h3-12,16H,13H2,1-2H3/t16-/m1/s1. The van der Waals surface area contributed by atoms with E-state index in [-0.39, 0.29) is 5.78 Å². The molecule has 3 nitrogen and oxygen atoms in total. The van der Waals surface area contributed by atoms with Gasteiger partial charge in [0.05, 0.1) is 0 Å². The highest BCUT2D eigenvalue weighted by molar-refractivity contribution is 5.99. The minimum Gasteiger partial charge on any atom is -0.481 e. The van der Waals surface area contributed by atoms with Gasteiger partial charge in [0.15, 0.2) is 6.10 Å². The summed E-state index contributed by atoms with van der Waals surface area (Å²) in [6.45, 7) is 0.544. The molecule has 0 aromatic heterocycles. The molecule has 0 saturated heterocycles. The Kier molecular flexibility index (Phi) is 4.91. The van der Waals surface area contributed by atoms with Crippen LogP contribution in [0.3, 0.4) is 0 Å². The Bertz CT molecular complexity index is 537. The van der Waals surface area contributed by atoms with Crippen LogP contribution in [-0.2, 0) is 0 Å². The molecular formula is C17H19NO2. The fraction of sp³-hybridized carbons (Fsp3) is 0.235. The molecular weight excluding hydrogens is 250 g/mol. The number of hydrogen-bond donors (Lipinski definition) is 0. The number of para-hydroxylation sites is 1. The van der Waals surface area contributed by atoms with Crippen LogP contribution in [0.5, 0.6) is 5.75 Å². The van der Waals surface area contributed by atoms with E-state index in [0.29, 0.717) is 17.9 Å². The highest BCUT2D eigenvalue weighted by Gasteiger charge is 2.22. The van der Waals surface area contributed by atoms with Crippen LogP contribution in [-0.4, -0.2) is 37.4 Å². The molecule has 0 saturated carbocycles. The van der Waals surface area contributed by atoms with Crippen molar-refractivity contribution in [3.8, 4) is 5.75 Å². The van der Waals surface area contributed by atoms with Gasteiger partial charge in [-0.3, -0.25) is 4.79 Å². The van der Waals surface area contributed by atoms with Gasteiger partial charge in [-0.15, -0.1) is 0 Å². The largest absolute Gasteiger partial charge is 0.481 e. The van der Waals surface area contributed by atoms with Crippen molar-refractivity contribution >= 4 is 5.78 Å². The van der Waals surface area contributed by atoms with Gasteiger partial charge in [0.2, 0.25) is 5.78 Å². The molecule has 0 heterocycles. The summed E-state index contributed by atoms with van der Waals surface area (Å²) in [5, 5.41) is 0. The van der Waals surface area contributed by atoms with E-state index in [4.69, 9.17) is 4.74 Å². The monoisotopic (exact) mass is 269 g/mol. The Morgan fingerprint density at radius 3 is 2.10 bits per heavy atom. The Balaban J connectivity index is 2.17. The number of ether oxygens (including phenoxy) is 1. The van der Waals surface area contributed by atoms with Crippen LogP contribution in [0.25, 0.3) is 0 Å². The summed E-state index contributed by atoms with van der Waals surface area (Å²) < 4.78 is 5.85. The molecule has 0 fully saturated rings. The minimum atomic E-state index is -0.505. The van der Waals surface area contributed by atoms with Gasteiger partial charge in [0, 0.05) is 12.1 Å². The number of carbonyl (C=O) groups is 1. The van der Waals surface area contributed by atoms with Crippen molar-refractivity contribution in [3.05, 3.63) is 66.2 Å². The third-order valence-corrected chi connectivity index (χ3v) is 2.90. The van der Waals surface area contributed by atoms with Crippen LogP contribution < -0.4 is 4.74 Å². The summed E-state index contributed by atoms with van der Waals surface area (Å²) in [6.07, 6.45) is -0.505. The zero-order valence-electron chi connectivity index (χ0n) is 11.8. The fourth-order valence-electron chi connectivity index (χ4n) is 1.96. The number of rotatable bonds is 6. The van der Waals surface area contributed by atoms with Gasteiger partial charge >= 0.3 is 0 Å². The molecule has 1 atom stereocenters. The molecule has 0 aliphatic carbocycles. The molecule has 20 heavy (non-hydrogen) atoms. The van der Waals surface area contributed by atoms with Gasteiger partial charge < -0.3 is 9.64 Å². The third-order valence-electron chi connectivity index (χ3n) is 2.90. The van der Waals surface area contributed by atoms with E-state index in [1.807, 2.05) is 79.7 Å². The molecule has 0 aliphatic rings. The maximum Gasteiger partial charge on any atom is 0.204 e. The number of hydrogen-bond acceptors (Lipinski definition) is 3. The minimum absolute atomic E-state index is 0.00292. The van der Waals surface area contributed by atoms with E-state index in [1.54, 1.807) is 0 Å². The lowest BCUT2D eigenvalue weighted by Crippen LogP contribution is -2.37. The first kappa shape index (κ1) is 14.3. The number of ketones is 1. The summed E-state index contributed by atoms with van der Waals surface area (Å²) >= 11 is 0. The van der Waals surface area contributed by atoms with Crippen molar-refractivity contribution in [1.82, 2.24) is 4.90 Å². The number of likely N-dealkylation sites (N-methyl/N-ethyl adjacent to an activating group) is 1. The lowest BCUT2D eigenvalue weighted by molar-refractivity contribution is 0.0744. The van der Waals surface area contributed by atoms with Crippen LogP contribution in [0.4, 0.5) is 0 Å². The van der Waals surface area contributed by atoms with Crippen molar-refractivity contribution in [2.24, 2.45) is 0 Å². The summed E-state index contributed by atoms with van der Waals surface area (Å²) in [6, 6.07) is 18.7. The van der Waals surface area contributed by atoms with E-state index in [9.17, 15) is 4.79 Å². The van der Waals surface area contributed by atoms with Crippen molar-refractivity contribution in [2.45, 2.75) is 6.10 Å². The van der Waals surface area contributed by atoms with E-state index < -0.39 is 6.10 Å². The number of Topliss-reactive ketones (excluding diaryl/α,β-unsaturated/α-hetero) is 1. The topological polar surface area (TPSA) is 29.5 Å². The predicted octanol–water partition coefficient (Wildman–Crippen LogP) is 2.88. The Morgan fingerprint density at radius 2 is 1.55 bits per heavy atom. The Morgan fingerprint density at radius 1 is 1.00 bits per heavy atom. The molecule has 0 aliphatic heterocycles. The first-order valence-electron chi connectivity index (χ1n) is 6.62. The molecule has 104 valence electrons. The molecule has 0 amide bonds. The van der Waals surface area contributed by atoms with Gasteiger partial charge in [-0.05, 0) is 26.2 Å². The maximum atomic E-state index is 12.5. The predicted molar refractivity (Wildman–Crippen MR) is 80.2 cm³/mol. The summed E-state index contributed by atoms with van der Waals surface area (Å²) in [7, 11) is 3.86.